The van der Waals surface area contributed by atoms with Crippen molar-refractivity contribution in [2.75, 3.05) is 6.54 Å². The molecule has 0 unspecified atom stereocenters. The summed E-state index contributed by atoms with van der Waals surface area (Å²) in [5, 5.41) is 3.73. The maximum Gasteiger partial charge on any atom is 0.0148 e. The lowest BCUT2D eigenvalue weighted by Gasteiger charge is -2.15. The SMILES string of the molecule is CC1(CNC2Cc3ccccc3C2)CC1. The van der Waals surface area contributed by atoms with Gasteiger partial charge in [0, 0.05) is 12.6 Å². The number of benzene rings is 1. The highest BCUT2D eigenvalue weighted by Gasteiger charge is 2.37. The summed E-state index contributed by atoms with van der Waals surface area (Å²) in [6.45, 7) is 3.60. The fourth-order valence-electron chi connectivity index (χ4n) is 2.48. The molecular formula is C14H19N. The maximum atomic E-state index is 3.73. The lowest BCUT2D eigenvalue weighted by atomic mass is 10.1. The van der Waals surface area contributed by atoms with E-state index < -0.39 is 0 Å². The van der Waals surface area contributed by atoms with Gasteiger partial charge in [-0.1, -0.05) is 31.2 Å². The Morgan fingerprint density at radius 1 is 1.20 bits per heavy atom. The minimum Gasteiger partial charge on any atom is -0.313 e. The van der Waals surface area contributed by atoms with Crippen molar-refractivity contribution in [3.8, 4) is 0 Å². The summed E-state index contributed by atoms with van der Waals surface area (Å²) in [5.74, 6) is 0. The van der Waals surface area contributed by atoms with Gasteiger partial charge in [-0.3, -0.25) is 0 Å². The van der Waals surface area contributed by atoms with Crippen LogP contribution in [0.2, 0.25) is 0 Å². The van der Waals surface area contributed by atoms with Gasteiger partial charge in [0.25, 0.3) is 0 Å². The van der Waals surface area contributed by atoms with Crippen molar-refractivity contribution in [1.82, 2.24) is 5.32 Å². The topological polar surface area (TPSA) is 12.0 Å². The van der Waals surface area contributed by atoms with Crippen molar-refractivity contribution in [3.63, 3.8) is 0 Å². The zero-order valence-electron chi connectivity index (χ0n) is 9.42. The minimum atomic E-state index is 0.634. The van der Waals surface area contributed by atoms with E-state index in [9.17, 15) is 0 Å². The summed E-state index contributed by atoms with van der Waals surface area (Å²) in [6.07, 6.45) is 5.29. The second kappa shape index (κ2) is 3.34. The Kier molecular flexibility index (Phi) is 2.10. The van der Waals surface area contributed by atoms with E-state index in [-0.39, 0.29) is 0 Å². The summed E-state index contributed by atoms with van der Waals surface area (Å²) in [6, 6.07) is 9.55. The molecule has 0 heterocycles. The van der Waals surface area contributed by atoms with Gasteiger partial charge in [-0.15, -0.1) is 0 Å². The fourth-order valence-corrected chi connectivity index (χ4v) is 2.48. The Labute approximate surface area is 91.9 Å². The van der Waals surface area contributed by atoms with Crippen LogP contribution in [0.1, 0.15) is 30.9 Å². The summed E-state index contributed by atoms with van der Waals surface area (Å²) in [4.78, 5) is 0. The quantitative estimate of drug-likeness (QED) is 0.792. The molecule has 0 radical (unpaired) electrons. The number of hydrogen-bond acceptors (Lipinski definition) is 1. The first-order chi connectivity index (χ1) is 7.25. The van der Waals surface area contributed by atoms with Gasteiger partial charge in [0.2, 0.25) is 0 Å². The second-order valence-corrected chi connectivity index (χ2v) is 5.57. The van der Waals surface area contributed by atoms with Crippen molar-refractivity contribution < 1.29 is 0 Å². The third-order valence-electron chi connectivity index (χ3n) is 3.97. The largest absolute Gasteiger partial charge is 0.313 e. The smallest absolute Gasteiger partial charge is 0.0148 e. The molecule has 1 aromatic carbocycles. The molecule has 0 saturated heterocycles. The molecule has 1 heteroatoms. The van der Waals surface area contributed by atoms with Gasteiger partial charge >= 0.3 is 0 Å². The first-order valence-electron chi connectivity index (χ1n) is 6.05. The molecule has 1 aromatic rings. The van der Waals surface area contributed by atoms with E-state index in [1.807, 2.05) is 0 Å². The van der Waals surface area contributed by atoms with Gasteiger partial charge < -0.3 is 5.32 Å². The molecule has 3 rings (SSSR count). The monoisotopic (exact) mass is 201 g/mol. The van der Waals surface area contributed by atoms with Crippen LogP contribution in [0.5, 0.6) is 0 Å². The Morgan fingerprint density at radius 3 is 2.33 bits per heavy atom. The van der Waals surface area contributed by atoms with Gasteiger partial charge in [-0.05, 0) is 42.2 Å². The third-order valence-corrected chi connectivity index (χ3v) is 3.97. The molecule has 0 bridgehead atoms. The van der Waals surface area contributed by atoms with Crippen molar-refractivity contribution >= 4 is 0 Å². The predicted molar refractivity (Wildman–Crippen MR) is 63.0 cm³/mol. The molecule has 0 aromatic heterocycles. The molecule has 0 spiro atoms. The first kappa shape index (κ1) is 9.41. The molecule has 1 N–H and O–H groups in total. The summed E-state index contributed by atoms with van der Waals surface area (Å²) >= 11 is 0. The van der Waals surface area contributed by atoms with Crippen LogP contribution in [0.25, 0.3) is 0 Å². The lowest BCUT2D eigenvalue weighted by Crippen LogP contribution is -2.33. The average molecular weight is 201 g/mol. The fraction of sp³-hybridized carbons (Fsp3) is 0.571. The molecule has 1 nitrogen and oxygen atoms in total. The Bertz CT molecular complexity index is 340. The lowest BCUT2D eigenvalue weighted by molar-refractivity contribution is 0.441. The van der Waals surface area contributed by atoms with Crippen LogP contribution < -0.4 is 5.32 Å². The maximum absolute atomic E-state index is 3.73. The predicted octanol–water partition coefficient (Wildman–Crippen LogP) is 2.54. The van der Waals surface area contributed by atoms with Gasteiger partial charge in [0.1, 0.15) is 0 Å². The number of hydrogen-bond donors (Lipinski definition) is 1. The normalized spacial score (nSPS) is 22.7. The van der Waals surface area contributed by atoms with Crippen molar-refractivity contribution in [2.24, 2.45) is 5.41 Å². The van der Waals surface area contributed by atoms with E-state index in [1.54, 1.807) is 11.1 Å². The Morgan fingerprint density at radius 2 is 1.80 bits per heavy atom. The highest BCUT2D eigenvalue weighted by Crippen LogP contribution is 2.44. The average Bonchev–Trinajstić information content (AvgIpc) is 2.83. The standard InChI is InChI=1S/C14H19N/c1-14(6-7-14)10-15-13-8-11-4-2-3-5-12(11)9-13/h2-5,13,15H,6-10H2,1H3. The molecule has 2 aliphatic rings. The minimum absolute atomic E-state index is 0.634. The van der Waals surface area contributed by atoms with Gasteiger partial charge in [-0.25, -0.2) is 0 Å². The van der Waals surface area contributed by atoms with Crippen LogP contribution in [0.15, 0.2) is 24.3 Å². The van der Waals surface area contributed by atoms with Crippen LogP contribution >= 0.6 is 0 Å². The van der Waals surface area contributed by atoms with Crippen molar-refractivity contribution in [3.05, 3.63) is 35.4 Å². The van der Waals surface area contributed by atoms with Crippen LogP contribution in [-0.2, 0) is 12.8 Å². The molecule has 2 aliphatic carbocycles. The van der Waals surface area contributed by atoms with Crippen LogP contribution in [0.3, 0.4) is 0 Å². The molecule has 0 atom stereocenters. The summed E-state index contributed by atoms with van der Waals surface area (Å²) in [5.41, 5.74) is 3.74. The molecule has 80 valence electrons. The molecule has 15 heavy (non-hydrogen) atoms. The summed E-state index contributed by atoms with van der Waals surface area (Å²) < 4.78 is 0. The Balaban J connectivity index is 1.59. The molecule has 1 fully saturated rings. The Hall–Kier alpha value is -0.820. The zero-order chi connectivity index (χ0) is 10.3. The van der Waals surface area contributed by atoms with Crippen molar-refractivity contribution in [1.29, 1.82) is 0 Å². The number of fused-ring (bicyclic) bond motifs is 1. The molecule has 1 saturated carbocycles. The van der Waals surface area contributed by atoms with E-state index in [1.165, 1.54) is 32.2 Å². The molecule has 0 amide bonds. The van der Waals surface area contributed by atoms with E-state index in [2.05, 4.69) is 36.5 Å². The van der Waals surface area contributed by atoms with Gasteiger partial charge in [-0.2, -0.15) is 0 Å². The third kappa shape index (κ3) is 1.93. The number of nitrogens with one attached hydrogen (secondary N) is 1. The molecule has 0 aliphatic heterocycles. The van der Waals surface area contributed by atoms with Gasteiger partial charge in [0.05, 0.1) is 0 Å². The van der Waals surface area contributed by atoms with Crippen LogP contribution in [0.4, 0.5) is 0 Å². The van der Waals surface area contributed by atoms with Crippen LogP contribution in [-0.4, -0.2) is 12.6 Å². The van der Waals surface area contributed by atoms with Crippen LogP contribution in [0, 0.1) is 5.41 Å². The van der Waals surface area contributed by atoms with E-state index >= 15 is 0 Å². The van der Waals surface area contributed by atoms with E-state index in [0.29, 0.717) is 11.5 Å². The highest BCUT2D eigenvalue weighted by molar-refractivity contribution is 5.33. The van der Waals surface area contributed by atoms with Crippen molar-refractivity contribution in [2.45, 2.75) is 38.6 Å². The van der Waals surface area contributed by atoms with E-state index in [4.69, 9.17) is 0 Å². The van der Waals surface area contributed by atoms with E-state index in [0.717, 1.165) is 0 Å². The molecular weight excluding hydrogens is 182 g/mol. The van der Waals surface area contributed by atoms with Gasteiger partial charge in [0.15, 0.2) is 0 Å². The number of rotatable bonds is 3. The summed E-state index contributed by atoms with van der Waals surface area (Å²) in [7, 11) is 0. The first-order valence-corrected chi connectivity index (χ1v) is 6.05. The highest BCUT2D eigenvalue weighted by atomic mass is 14.9. The zero-order valence-corrected chi connectivity index (χ0v) is 9.42. The second-order valence-electron chi connectivity index (χ2n) is 5.57.